The molecule has 0 aliphatic rings. The van der Waals surface area contributed by atoms with Gasteiger partial charge < -0.3 is 5.73 Å². The second kappa shape index (κ2) is 3.81. The minimum Gasteiger partial charge on any atom is -0.405 e. The molecule has 0 saturated carbocycles. The molecule has 0 aliphatic carbocycles. The van der Waals surface area contributed by atoms with Crippen LogP contribution in [0.25, 0.3) is 0 Å². The summed E-state index contributed by atoms with van der Waals surface area (Å²) in [6.07, 6.45) is 4.10. The molecule has 0 unspecified atom stereocenters. The summed E-state index contributed by atoms with van der Waals surface area (Å²) in [5, 5.41) is 0. The molecule has 0 saturated heterocycles. The van der Waals surface area contributed by atoms with E-state index < -0.39 is 0 Å². The maximum Gasteiger partial charge on any atom is 0.0163 e. The van der Waals surface area contributed by atoms with Crippen LogP contribution in [-0.2, 0) is 0 Å². The van der Waals surface area contributed by atoms with Crippen LogP contribution < -0.4 is 5.73 Å². The lowest BCUT2D eigenvalue weighted by Crippen LogP contribution is -1.86. The van der Waals surface area contributed by atoms with Crippen LogP contribution >= 0.6 is 12.2 Å². The zero-order valence-electron chi connectivity index (χ0n) is 4.35. The molecule has 7 heavy (non-hydrogen) atoms. The molecule has 40 valence electrons. The molecule has 0 fully saturated rings. The maximum absolute atomic E-state index is 5.04. The lowest BCUT2D eigenvalue weighted by atomic mass is 10.3. The predicted molar refractivity (Wildman–Crippen MR) is 36.2 cm³/mol. The van der Waals surface area contributed by atoms with Gasteiger partial charge in [-0.05, 0) is 18.7 Å². The van der Waals surface area contributed by atoms with Crippen molar-refractivity contribution in [3.8, 4) is 0 Å². The monoisotopic (exact) mass is 115 g/mol. The van der Waals surface area contributed by atoms with Crippen molar-refractivity contribution in [2.75, 3.05) is 0 Å². The van der Waals surface area contributed by atoms with Gasteiger partial charge in [-0.25, -0.2) is 0 Å². The minimum absolute atomic E-state index is 0.905. The summed E-state index contributed by atoms with van der Waals surface area (Å²) >= 11 is 4.79. The normalized spacial score (nSPS) is 9.86. The van der Waals surface area contributed by atoms with E-state index in [0.717, 1.165) is 11.3 Å². The second-order valence-electron chi connectivity index (χ2n) is 1.18. The smallest absolute Gasteiger partial charge is 0.0163 e. The standard InChI is InChI=1S/C5H9NS/c1-2-5(7)3-4-6/h3-4H,2,6H2,1H3/b4-3+. The van der Waals surface area contributed by atoms with Gasteiger partial charge in [0, 0.05) is 4.86 Å². The summed E-state index contributed by atoms with van der Waals surface area (Å²) in [4.78, 5) is 0.905. The molecule has 0 aromatic heterocycles. The predicted octanol–water partition coefficient (Wildman–Crippen LogP) is 1.24. The first-order valence-electron chi connectivity index (χ1n) is 2.22. The van der Waals surface area contributed by atoms with Crippen LogP contribution in [-0.4, -0.2) is 4.86 Å². The Balaban J connectivity index is 3.37. The summed E-state index contributed by atoms with van der Waals surface area (Å²) in [5.41, 5.74) is 5.04. The van der Waals surface area contributed by atoms with Crippen LogP contribution in [0.5, 0.6) is 0 Å². The summed E-state index contributed by atoms with van der Waals surface area (Å²) in [6, 6.07) is 0. The molecule has 0 rings (SSSR count). The van der Waals surface area contributed by atoms with Gasteiger partial charge in [0.2, 0.25) is 0 Å². The highest BCUT2D eigenvalue weighted by Gasteiger charge is 1.78. The summed E-state index contributed by atoms with van der Waals surface area (Å²) < 4.78 is 0. The lowest BCUT2D eigenvalue weighted by molar-refractivity contribution is 1.32. The van der Waals surface area contributed by atoms with Crippen LogP contribution in [0.1, 0.15) is 13.3 Å². The van der Waals surface area contributed by atoms with E-state index in [1.54, 1.807) is 6.08 Å². The Morgan fingerprint density at radius 1 is 1.86 bits per heavy atom. The quantitative estimate of drug-likeness (QED) is 0.433. The SMILES string of the molecule is CCC(=S)/C=C/N. The van der Waals surface area contributed by atoms with E-state index >= 15 is 0 Å². The highest BCUT2D eigenvalue weighted by molar-refractivity contribution is 7.80. The van der Waals surface area contributed by atoms with E-state index in [1.807, 2.05) is 6.92 Å². The fourth-order valence-corrected chi connectivity index (χ4v) is 0.304. The largest absolute Gasteiger partial charge is 0.405 e. The van der Waals surface area contributed by atoms with E-state index in [0.29, 0.717) is 0 Å². The molecule has 0 aliphatic heterocycles. The first-order valence-corrected chi connectivity index (χ1v) is 2.63. The summed E-state index contributed by atoms with van der Waals surface area (Å²) in [5.74, 6) is 0. The zero-order chi connectivity index (χ0) is 5.70. The van der Waals surface area contributed by atoms with E-state index in [-0.39, 0.29) is 0 Å². The van der Waals surface area contributed by atoms with Crippen molar-refractivity contribution in [1.82, 2.24) is 0 Å². The Hall–Kier alpha value is -0.370. The lowest BCUT2D eigenvalue weighted by Gasteiger charge is -1.82. The van der Waals surface area contributed by atoms with Crippen LogP contribution in [0.3, 0.4) is 0 Å². The Morgan fingerprint density at radius 2 is 2.43 bits per heavy atom. The Kier molecular flexibility index (Phi) is 3.61. The summed E-state index contributed by atoms with van der Waals surface area (Å²) in [6.45, 7) is 2.00. The van der Waals surface area contributed by atoms with Gasteiger partial charge in [-0.2, -0.15) is 0 Å². The first kappa shape index (κ1) is 6.63. The molecule has 0 aromatic rings. The molecule has 2 heteroatoms. The molecule has 0 aromatic carbocycles. The second-order valence-corrected chi connectivity index (χ2v) is 1.70. The number of hydrogen-bond donors (Lipinski definition) is 1. The van der Waals surface area contributed by atoms with Gasteiger partial charge in [0.1, 0.15) is 0 Å². The van der Waals surface area contributed by atoms with Gasteiger partial charge in [0.05, 0.1) is 0 Å². The van der Waals surface area contributed by atoms with Crippen LogP contribution in [0.15, 0.2) is 12.3 Å². The van der Waals surface area contributed by atoms with Crippen molar-refractivity contribution < 1.29 is 0 Å². The minimum atomic E-state index is 0.905. The number of rotatable bonds is 2. The van der Waals surface area contributed by atoms with Crippen molar-refractivity contribution in [3.05, 3.63) is 12.3 Å². The summed E-state index contributed by atoms with van der Waals surface area (Å²) in [7, 11) is 0. The Bertz CT molecular complexity index is 86.1. The number of allylic oxidation sites excluding steroid dienone is 1. The van der Waals surface area contributed by atoms with Crippen molar-refractivity contribution >= 4 is 17.1 Å². The first-order chi connectivity index (χ1) is 3.31. The van der Waals surface area contributed by atoms with E-state index in [9.17, 15) is 0 Å². The van der Waals surface area contributed by atoms with E-state index in [2.05, 4.69) is 0 Å². The molecule has 0 radical (unpaired) electrons. The van der Waals surface area contributed by atoms with E-state index in [4.69, 9.17) is 18.0 Å². The fraction of sp³-hybridized carbons (Fsp3) is 0.400. The van der Waals surface area contributed by atoms with Gasteiger partial charge in [-0.1, -0.05) is 19.1 Å². The molecule has 0 heterocycles. The molecule has 1 nitrogen and oxygen atoms in total. The molecular formula is C5H9NS. The third-order valence-electron chi connectivity index (χ3n) is 0.631. The number of hydrogen-bond acceptors (Lipinski definition) is 2. The van der Waals surface area contributed by atoms with Crippen molar-refractivity contribution in [2.45, 2.75) is 13.3 Å². The molecular weight excluding hydrogens is 106 g/mol. The molecule has 0 spiro atoms. The Morgan fingerprint density at radius 3 is 2.57 bits per heavy atom. The van der Waals surface area contributed by atoms with Gasteiger partial charge in [-0.3, -0.25) is 0 Å². The van der Waals surface area contributed by atoms with Crippen LogP contribution in [0.4, 0.5) is 0 Å². The average molecular weight is 115 g/mol. The molecule has 0 amide bonds. The van der Waals surface area contributed by atoms with Crippen LogP contribution in [0, 0.1) is 0 Å². The fourth-order valence-electron chi connectivity index (χ4n) is 0.225. The maximum atomic E-state index is 5.04. The highest BCUT2D eigenvalue weighted by atomic mass is 32.1. The topological polar surface area (TPSA) is 26.0 Å². The number of nitrogens with two attached hydrogens (primary N) is 1. The van der Waals surface area contributed by atoms with E-state index in [1.165, 1.54) is 6.20 Å². The molecule has 2 N–H and O–H groups in total. The third-order valence-corrected chi connectivity index (χ3v) is 1.06. The van der Waals surface area contributed by atoms with Gasteiger partial charge in [0.15, 0.2) is 0 Å². The van der Waals surface area contributed by atoms with Crippen molar-refractivity contribution in [2.24, 2.45) is 5.73 Å². The Labute approximate surface area is 49.2 Å². The van der Waals surface area contributed by atoms with Gasteiger partial charge in [-0.15, -0.1) is 0 Å². The number of thiocarbonyl (C=S) groups is 1. The van der Waals surface area contributed by atoms with Crippen molar-refractivity contribution in [1.29, 1.82) is 0 Å². The third kappa shape index (κ3) is 3.46. The molecule has 0 atom stereocenters. The van der Waals surface area contributed by atoms with Crippen molar-refractivity contribution in [3.63, 3.8) is 0 Å². The molecule has 0 bridgehead atoms. The zero-order valence-corrected chi connectivity index (χ0v) is 5.16. The van der Waals surface area contributed by atoms with Crippen LogP contribution in [0.2, 0.25) is 0 Å². The average Bonchev–Trinajstić information content (AvgIpc) is 1.68. The highest BCUT2D eigenvalue weighted by Crippen LogP contribution is 1.83. The van der Waals surface area contributed by atoms with Gasteiger partial charge in [0.25, 0.3) is 0 Å². The van der Waals surface area contributed by atoms with Gasteiger partial charge >= 0.3 is 0 Å².